The van der Waals surface area contributed by atoms with E-state index < -0.39 is 11.7 Å². The molecule has 7 heteroatoms. The molecule has 0 spiro atoms. The van der Waals surface area contributed by atoms with Gasteiger partial charge in [-0.3, -0.25) is 4.79 Å². The van der Waals surface area contributed by atoms with Crippen LogP contribution in [0.4, 0.5) is 13.2 Å². The number of hydrogen-bond donors (Lipinski definition) is 1. The molecule has 0 aliphatic carbocycles. The van der Waals surface area contributed by atoms with E-state index in [-0.39, 0.29) is 25.7 Å². The largest absolute Gasteiger partial charge is 0.454 e. The van der Waals surface area contributed by atoms with Crippen LogP contribution >= 0.6 is 0 Å². The molecule has 0 saturated heterocycles. The molecule has 132 valence electrons. The molecule has 0 saturated carbocycles. The summed E-state index contributed by atoms with van der Waals surface area (Å²) >= 11 is 0. The SMILES string of the molecule is O=C(CCc1ccc2c(c1)OCO2)NCc1cccc(C(F)(F)F)c1. The number of nitrogens with one attached hydrogen (secondary N) is 1. The molecule has 0 atom stereocenters. The number of benzene rings is 2. The minimum absolute atomic E-state index is 0.0594. The van der Waals surface area contributed by atoms with Crippen molar-refractivity contribution in [3.8, 4) is 11.5 Å². The van der Waals surface area contributed by atoms with Crippen LogP contribution in [0.3, 0.4) is 0 Å². The van der Waals surface area contributed by atoms with Crippen LogP contribution in [-0.2, 0) is 23.9 Å². The fourth-order valence-electron chi connectivity index (χ4n) is 2.50. The fourth-order valence-corrected chi connectivity index (χ4v) is 2.50. The minimum atomic E-state index is -4.39. The topological polar surface area (TPSA) is 47.6 Å². The van der Waals surface area contributed by atoms with Crippen molar-refractivity contribution in [2.45, 2.75) is 25.6 Å². The summed E-state index contributed by atoms with van der Waals surface area (Å²) in [7, 11) is 0. The summed E-state index contributed by atoms with van der Waals surface area (Å²) in [6, 6.07) is 10.4. The van der Waals surface area contributed by atoms with Gasteiger partial charge in [-0.25, -0.2) is 0 Å². The highest BCUT2D eigenvalue weighted by Gasteiger charge is 2.30. The van der Waals surface area contributed by atoms with E-state index in [1.54, 1.807) is 12.1 Å². The highest BCUT2D eigenvalue weighted by atomic mass is 19.4. The first-order valence-corrected chi connectivity index (χ1v) is 7.73. The molecule has 3 rings (SSSR count). The summed E-state index contributed by atoms with van der Waals surface area (Å²) in [5.41, 5.74) is 0.615. The molecular weight excluding hydrogens is 335 g/mol. The first-order valence-electron chi connectivity index (χ1n) is 7.73. The van der Waals surface area contributed by atoms with Gasteiger partial charge in [0.2, 0.25) is 12.7 Å². The highest BCUT2D eigenvalue weighted by Crippen LogP contribution is 2.32. The number of ether oxygens (including phenoxy) is 2. The second kappa shape index (κ2) is 7.04. The summed E-state index contributed by atoms with van der Waals surface area (Å²) in [4.78, 5) is 11.9. The Labute approximate surface area is 142 Å². The summed E-state index contributed by atoms with van der Waals surface area (Å²) in [5.74, 6) is 1.11. The molecular formula is C18H16F3NO3. The zero-order valence-corrected chi connectivity index (χ0v) is 13.2. The van der Waals surface area contributed by atoms with Gasteiger partial charge in [0.1, 0.15) is 0 Å². The normalized spacial score (nSPS) is 12.9. The van der Waals surface area contributed by atoms with Crippen molar-refractivity contribution < 1.29 is 27.4 Å². The van der Waals surface area contributed by atoms with Crippen LogP contribution in [0, 0.1) is 0 Å². The third kappa shape index (κ3) is 4.43. The van der Waals surface area contributed by atoms with Crippen LogP contribution in [-0.4, -0.2) is 12.7 Å². The Balaban J connectivity index is 1.50. The number of halogens is 3. The standard InChI is InChI=1S/C18H16F3NO3/c19-18(20,21)14-3-1-2-13(8-14)10-22-17(23)7-5-12-4-6-15-16(9-12)25-11-24-15/h1-4,6,8-9H,5,7,10-11H2,(H,22,23). The van der Waals surface area contributed by atoms with Crippen LogP contribution in [0.5, 0.6) is 11.5 Å². The summed E-state index contributed by atoms with van der Waals surface area (Å²) in [5, 5.41) is 2.64. The van der Waals surface area contributed by atoms with Crippen molar-refractivity contribution in [1.29, 1.82) is 0 Å². The molecule has 1 N–H and O–H groups in total. The Bertz CT molecular complexity index is 774. The predicted octanol–water partition coefficient (Wildman–Crippen LogP) is 3.68. The lowest BCUT2D eigenvalue weighted by Gasteiger charge is -2.10. The number of hydrogen-bond acceptors (Lipinski definition) is 3. The van der Waals surface area contributed by atoms with Crippen molar-refractivity contribution >= 4 is 5.91 Å². The molecule has 0 aromatic heterocycles. The third-order valence-corrected chi connectivity index (χ3v) is 3.82. The number of rotatable bonds is 5. The van der Waals surface area contributed by atoms with E-state index in [0.29, 0.717) is 23.5 Å². The summed E-state index contributed by atoms with van der Waals surface area (Å²) in [6.45, 7) is 0.250. The van der Waals surface area contributed by atoms with Crippen LogP contribution in [0.2, 0.25) is 0 Å². The molecule has 0 fully saturated rings. The van der Waals surface area contributed by atoms with Crippen molar-refractivity contribution in [3.63, 3.8) is 0 Å². The van der Waals surface area contributed by atoms with Crippen molar-refractivity contribution in [1.82, 2.24) is 5.32 Å². The minimum Gasteiger partial charge on any atom is -0.454 e. The number of fused-ring (bicyclic) bond motifs is 1. The average molecular weight is 351 g/mol. The van der Waals surface area contributed by atoms with Crippen LogP contribution in [0.25, 0.3) is 0 Å². The Hall–Kier alpha value is -2.70. The highest BCUT2D eigenvalue weighted by molar-refractivity contribution is 5.76. The van der Waals surface area contributed by atoms with Gasteiger partial charge in [-0.15, -0.1) is 0 Å². The maximum absolute atomic E-state index is 12.7. The lowest BCUT2D eigenvalue weighted by Crippen LogP contribution is -2.23. The number of amides is 1. The number of carbonyl (C=O) groups excluding carboxylic acids is 1. The van der Waals surface area contributed by atoms with Gasteiger partial charge in [-0.2, -0.15) is 13.2 Å². The van der Waals surface area contributed by atoms with Crippen LogP contribution in [0.15, 0.2) is 42.5 Å². The zero-order chi connectivity index (χ0) is 17.9. The zero-order valence-electron chi connectivity index (χ0n) is 13.2. The molecule has 1 amide bonds. The summed E-state index contributed by atoms with van der Waals surface area (Å²) < 4.78 is 48.5. The molecule has 25 heavy (non-hydrogen) atoms. The van der Waals surface area contributed by atoms with E-state index in [4.69, 9.17) is 9.47 Å². The molecule has 0 radical (unpaired) electrons. The lowest BCUT2D eigenvalue weighted by atomic mass is 10.1. The van der Waals surface area contributed by atoms with Gasteiger partial charge in [0.15, 0.2) is 11.5 Å². The van der Waals surface area contributed by atoms with Crippen LogP contribution in [0.1, 0.15) is 23.1 Å². The van der Waals surface area contributed by atoms with Gasteiger partial charge >= 0.3 is 6.18 Å². The molecule has 1 aliphatic heterocycles. The van der Waals surface area contributed by atoms with Crippen molar-refractivity contribution in [3.05, 3.63) is 59.2 Å². The van der Waals surface area contributed by atoms with E-state index >= 15 is 0 Å². The fraction of sp³-hybridized carbons (Fsp3) is 0.278. The Morgan fingerprint density at radius 2 is 1.84 bits per heavy atom. The van der Waals surface area contributed by atoms with Gasteiger partial charge in [0.05, 0.1) is 5.56 Å². The van der Waals surface area contributed by atoms with E-state index in [1.807, 2.05) is 12.1 Å². The van der Waals surface area contributed by atoms with Gasteiger partial charge < -0.3 is 14.8 Å². The molecule has 0 bridgehead atoms. The Morgan fingerprint density at radius 3 is 2.64 bits per heavy atom. The number of alkyl halides is 3. The van der Waals surface area contributed by atoms with Gasteiger partial charge in [0.25, 0.3) is 0 Å². The molecule has 1 aliphatic rings. The van der Waals surface area contributed by atoms with E-state index in [2.05, 4.69) is 5.32 Å². The van der Waals surface area contributed by atoms with Gasteiger partial charge in [-0.05, 0) is 41.8 Å². The smallest absolute Gasteiger partial charge is 0.416 e. The predicted molar refractivity (Wildman–Crippen MR) is 84.2 cm³/mol. The van der Waals surface area contributed by atoms with E-state index in [9.17, 15) is 18.0 Å². The van der Waals surface area contributed by atoms with Crippen molar-refractivity contribution in [2.24, 2.45) is 0 Å². The molecule has 0 unspecified atom stereocenters. The molecule has 4 nitrogen and oxygen atoms in total. The monoisotopic (exact) mass is 351 g/mol. The van der Waals surface area contributed by atoms with E-state index in [1.165, 1.54) is 6.07 Å². The maximum Gasteiger partial charge on any atom is 0.416 e. The molecule has 1 heterocycles. The van der Waals surface area contributed by atoms with Crippen LogP contribution < -0.4 is 14.8 Å². The van der Waals surface area contributed by atoms with Gasteiger partial charge in [0, 0.05) is 13.0 Å². The Morgan fingerprint density at radius 1 is 1.04 bits per heavy atom. The second-order valence-electron chi connectivity index (χ2n) is 5.66. The second-order valence-corrected chi connectivity index (χ2v) is 5.66. The maximum atomic E-state index is 12.7. The van der Waals surface area contributed by atoms with Gasteiger partial charge in [-0.1, -0.05) is 18.2 Å². The number of aryl methyl sites for hydroxylation is 1. The first kappa shape index (κ1) is 17.1. The molecule has 2 aromatic carbocycles. The summed E-state index contributed by atoms with van der Waals surface area (Å²) in [6.07, 6.45) is -3.65. The molecule has 2 aromatic rings. The first-order chi connectivity index (χ1) is 11.9. The number of carbonyl (C=O) groups is 1. The lowest BCUT2D eigenvalue weighted by molar-refractivity contribution is -0.137. The third-order valence-electron chi connectivity index (χ3n) is 3.82. The van der Waals surface area contributed by atoms with E-state index in [0.717, 1.165) is 17.7 Å². The quantitative estimate of drug-likeness (QED) is 0.894. The Kier molecular flexibility index (Phi) is 4.83. The van der Waals surface area contributed by atoms with Crippen molar-refractivity contribution in [2.75, 3.05) is 6.79 Å². The average Bonchev–Trinajstić information content (AvgIpc) is 3.05.